The minimum Gasteiger partial charge on any atom is -0.492 e. The first kappa shape index (κ1) is 16.8. The smallest absolute Gasteiger partial charge is 0.257 e. The highest BCUT2D eigenvalue weighted by atomic mass is 16.5. The predicted molar refractivity (Wildman–Crippen MR) is 93.1 cm³/mol. The SMILES string of the molecule is CCOc1ccccc1NC(=O)c1cncc(NCC(C)C)c1. The molecule has 0 atom stereocenters. The number of carbonyl (C=O) groups is 1. The summed E-state index contributed by atoms with van der Waals surface area (Å²) in [5.41, 5.74) is 1.99. The molecule has 1 aromatic heterocycles. The van der Waals surface area contributed by atoms with E-state index in [1.807, 2.05) is 31.2 Å². The highest BCUT2D eigenvalue weighted by Crippen LogP contribution is 2.24. The average molecular weight is 313 g/mol. The van der Waals surface area contributed by atoms with Crippen LogP contribution in [0, 0.1) is 5.92 Å². The molecule has 23 heavy (non-hydrogen) atoms. The highest BCUT2D eigenvalue weighted by molar-refractivity contribution is 6.05. The quantitative estimate of drug-likeness (QED) is 0.816. The van der Waals surface area contributed by atoms with Crippen molar-refractivity contribution in [1.82, 2.24) is 4.98 Å². The third-order valence-electron chi connectivity index (χ3n) is 3.15. The molecule has 1 heterocycles. The number of amides is 1. The van der Waals surface area contributed by atoms with E-state index < -0.39 is 0 Å². The lowest BCUT2D eigenvalue weighted by atomic mass is 10.2. The molecule has 0 saturated heterocycles. The number of benzene rings is 1. The van der Waals surface area contributed by atoms with E-state index in [4.69, 9.17) is 4.74 Å². The molecule has 0 unspecified atom stereocenters. The number of anilines is 2. The molecule has 0 aliphatic carbocycles. The fraction of sp³-hybridized carbons (Fsp3) is 0.333. The van der Waals surface area contributed by atoms with E-state index in [0.29, 0.717) is 29.5 Å². The van der Waals surface area contributed by atoms with Crippen LogP contribution in [-0.2, 0) is 0 Å². The third-order valence-corrected chi connectivity index (χ3v) is 3.15. The standard InChI is InChI=1S/C18H23N3O2/c1-4-23-17-8-6-5-7-16(17)21-18(22)14-9-15(12-19-11-14)20-10-13(2)3/h5-9,11-13,20H,4,10H2,1-3H3,(H,21,22). The van der Waals surface area contributed by atoms with Crippen LogP contribution in [0.25, 0.3) is 0 Å². The number of carbonyl (C=O) groups excluding carboxylic acids is 1. The van der Waals surface area contributed by atoms with E-state index >= 15 is 0 Å². The molecule has 0 aliphatic heterocycles. The molecule has 2 rings (SSSR count). The van der Waals surface area contributed by atoms with E-state index in [1.54, 1.807) is 18.5 Å². The second-order valence-corrected chi connectivity index (χ2v) is 5.62. The van der Waals surface area contributed by atoms with Crippen LogP contribution in [0.5, 0.6) is 5.75 Å². The molecule has 0 aliphatic rings. The summed E-state index contributed by atoms with van der Waals surface area (Å²) in [4.78, 5) is 16.6. The molecule has 5 heteroatoms. The Hall–Kier alpha value is -2.56. The van der Waals surface area contributed by atoms with Crippen molar-refractivity contribution in [3.05, 3.63) is 48.3 Å². The second kappa shape index (κ2) is 8.17. The van der Waals surface area contributed by atoms with E-state index in [1.165, 1.54) is 0 Å². The number of hydrogen-bond donors (Lipinski definition) is 2. The average Bonchev–Trinajstić information content (AvgIpc) is 2.55. The number of aromatic nitrogens is 1. The Kier molecular flexibility index (Phi) is 5.97. The van der Waals surface area contributed by atoms with Crippen LogP contribution >= 0.6 is 0 Å². The molecule has 2 aromatic rings. The lowest BCUT2D eigenvalue weighted by Crippen LogP contribution is -2.14. The van der Waals surface area contributed by atoms with Gasteiger partial charge >= 0.3 is 0 Å². The van der Waals surface area contributed by atoms with Gasteiger partial charge in [0.05, 0.1) is 23.5 Å². The Bertz CT molecular complexity index is 656. The van der Waals surface area contributed by atoms with E-state index in [2.05, 4.69) is 29.5 Å². The van der Waals surface area contributed by atoms with Gasteiger partial charge in [-0.2, -0.15) is 0 Å². The van der Waals surface area contributed by atoms with Crippen LogP contribution in [0.3, 0.4) is 0 Å². The number of nitrogens with zero attached hydrogens (tertiary/aromatic N) is 1. The van der Waals surface area contributed by atoms with Crippen molar-refractivity contribution in [2.45, 2.75) is 20.8 Å². The summed E-state index contributed by atoms with van der Waals surface area (Å²) in [5, 5.41) is 6.14. The van der Waals surface area contributed by atoms with Crippen molar-refractivity contribution < 1.29 is 9.53 Å². The highest BCUT2D eigenvalue weighted by Gasteiger charge is 2.10. The van der Waals surface area contributed by atoms with Gasteiger partial charge in [0.25, 0.3) is 5.91 Å². The lowest BCUT2D eigenvalue weighted by molar-refractivity contribution is 0.102. The van der Waals surface area contributed by atoms with Gasteiger partial charge < -0.3 is 15.4 Å². The number of nitrogens with one attached hydrogen (secondary N) is 2. The van der Waals surface area contributed by atoms with Crippen LogP contribution < -0.4 is 15.4 Å². The van der Waals surface area contributed by atoms with Crippen LogP contribution in [-0.4, -0.2) is 24.0 Å². The first-order valence-corrected chi connectivity index (χ1v) is 7.82. The van der Waals surface area contributed by atoms with Crippen molar-refractivity contribution in [2.75, 3.05) is 23.8 Å². The molecular weight excluding hydrogens is 290 g/mol. The van der Waals surface area contributed by atoms with Crippen molar-refractivity contribution in [3.63, 3.8) is 0 Å². The van der Waals surface area contributed by atoms with E-state index in [-0.39, 0.29) is 5.91 Å². The zero-order valence-corrected chi connectivity index (χ0v) is 13.8. The zero-order valence-electron chi connectivity index (χ0n) is 13.8. The van der Waals surface area contributed by atoms with Gasteiger partial charge in [0.2, 0.25) is 0 Å². The molecule has 0 spiro atoms. The molecule has 0 radical (unpaired) electrons. The molecule has 5 nitrogen and oxygen atoms in total. The summed E-state index contributed by atoms with van der Waals surface area (Å²) in [7, 11) is 0. The molecule has 122 valence electrons. The topological polar surface area (TPSA) is 63.2 Å². The van der Waals surface area contributed by atoms with Gasteiger partial charge in [-0.3, -0.25) is 9.78 Å². The van der Waals surface area contributed by atoms with Crippen molar-refractivity contribution in [2.24, 2.45) is 5.92 Å². The fourth-order valence-corrected chi connectivity index (χ4v) is 2.03. The maximum absolute atomic E-state index is 12.4. The molecule has 1 amide bonds. The summed E-state index contributed by atoms with van der Waals surface area (Å²) in [6.07, 6.45) is 3.27. The molecule has 0 saturated carbocycles. The van der Waals surface area contributed by atoms with Gasteiger partial charge in [0.15, 0.2) is 0 Å². The van der Waals surface area contributed by atoms with Gasteiger partial charge in [-0.25, -0.2) is 0 Å². The molecule has 1 aromatic carbocycles. The summed E-state index contributed by atoms with van der Waals surface area (Å²) in [6.45, 7) is 7.54. The Balaban J connectivity index is 2.10. The molecular formula is C18H23N3O2. The molecule has 0 bridgehead atoms. The van der Waals surface area contributed by atoms with Crippen molar-refractivity contribution >= 4 is 17.3 Å². The van der Waals surface area contributed by atoms with Gasteiger partial charge in [0.1, 0.15) is 5.75 Å². The summed E-state index contributed by atoms with van der Waals surface area (Å²) < 4.78 is 5.52. The Morgan fingerprint density at radius 2 is 2.04 bits per heavy atom. The Labute approximate surface area is 137 Å². The number of pyridine rings is 1. The Morgan fingerprint density at radius 3 is 2.78 bits per heavy atom. The summed E-state index contributed by atoms with van der Waals surface area (Å²) in [6, 6.07) is 9.18. The van der Waals surface area contributed by atoms with Gasteiger partial charge in [-0.1, -0.05) is 26.0 Å². The van der Waals surface area contributed by atoms with Gasteiger partial charge in [0, 0.05) is 18.9 Å². The van der Waals surface area contributed by atoms with Crippen LogP contribution in [0.1, 0.15) is 31.1 Å². The second-order valence-electron chi connectivity index (χ2n) is 5.62. The number of para-hydroxylation sites is 2. The maximum atomic E-state index is 12.4. The van der Waals surface area contributed by atoms with Gasteiger partial charge in [-0.15, -0.1) is 0 Å². The summed E-state index contributed by atoms with van der Waals surface area (Å²) >= 11 is 0. The monoisotopic (exact) mass is 313 g/mol. The minimum atomic E-state index is -0.210. The molecule has 2 N–H and O–H groups in total. The molecule has 0 fully saturated rings. The normalized spacial score (nSPS) is 10.4. The third kappa shape index (κ3) is 4.98. The minimum absolute atomic E-state index is 0.210. The summed E-state index contributed by atoms with van der Waals surface area (Å²) in [5.74, 6) is 0.966. The lowest BCUT2D eigenvalue weighted by Gasteiger charge is -2.12. The fourth-order valence-electron chi connectivity index (χ4n) is 2.03. The van der Waals surface area contributed by atoms with E-state index in [9.17, 15) is 4.79 Å². The van der Waals surface area contributed by atoms with Crippen LogP contribution in [0.15, 0.2) is 42.7 Å². The van der Waals surface area contributed by atoms with Crippen LogP contribution in [0.4, 0.5) is 11.4 Å². The van der Waals surface area contributed by atoms with E-state index in [0.717, 1.165) is 12.2 Å². The van der Waals surface area contributed by atoms with Crippen LogP contribution in [0.2, 0.25) is 0 Å². The Morgan fingerprint density at radius 1 is 1.26 bits per heavy atom. The van der Waals surface area contributed by atoms with Crippen molar-refractivity contribution in [3.8, 4) is 5.75 Å². The first-order chi connectivity index (χ1) is 11.1. The number of ether oxygens (including phenoxy) is 1. The van der Waals surface area contributed by atoms with Crippen molar-refractivity contribution in [1.29, 1.82) is 0 Å². The first-order valence-electron chi connectivity index (χ1n) is 7.82. The number of rotatable bonds is 7. The van der Waals surface area contributed by atoms with Gasteiger partial charge in [-0.05, 0) is 31.0 Å². The zero-order chi connectivity index (χ0) is 16.7. The number of hydrogen-bond acceptors (Lipinski definition) is 4. The largest absolute Gasteiger partial charge is 0.492 e. The predicted octanol–water partition coefficient (Wildman–Crippen LogP) is 3.80. The maximum Gasteiger partial charge on any atom is 0.257 e.